The molecule has 0 spiro atoms. The molecule has 9 nitrogen and oxygen atoms in total. The number of nitrogens with one attached hydrogen (secondary N) is 1. The minimum atomic E-state index is -1.03. The first-order chi connectivity index (χ1) is 9.29. The van der Waals surface area contributed by atoms with Crippen LogP contribution in [0.1, 0.15) is 0 Å². The Balaban J connectivity index is 2.55. The minimum Gasteiger partial charge on any atom is -0.480 e. The van der Waals surface area contributed by atoms with Crippen molar-refractivity contribution in [3.8, 4) is 0 Å². The van der Waals surface area contributed by atoms with E-state index in [2.05, 4.69) is 10.4 Å². The Bertz CT molecular complexity index is 511. The van der Waals surface area contributed by atoms with Gasteiger partial charge in [0.15, 0.2) is 0 Å². The first-order valence-electron chi connectivity index (χ1n) is 5.76. The van der Waals surface area contributed by atoms with Crippen molar-refractivity contribution in [1.29, 1.82) is 0 Å². The van der Waals surface area contributed by atoms with Gasteiger partial charge >= 0.3 is 12.0 Å². The van der Waals surface area contributed by atoms with Crippen LogP contribution in [-0.2, 0) is 16.1 Å². The first kappa shape index (κ1) is 15.5. The number of hydrogen-bond donors (Lipinski definition) is 2. The average molecular weight is 283 g/mol. The van der Waals surface area contributed by atoms with Gasteiger partial charge in [-0.05, 0) is 0 Å². The molecule has 1 rings (SSSR count). The average Bonchev–Trinajstić information content (AvgIpc) is 2.75. The molecule has 0 saturated carbocycles. The summed E-state index contributed by atoms with van der Waals surface area (Å²) in [5.74, 6) is -1.23. The molecular weight excluding hydrogens is 266 g/mol. The quantitative estimate of drug-likeness (QED) is 0.758. The summed E-state index contributed by atoms with van der Waals surface area (Å²) < 4.78 is 1.18. The predicted molar refractivity (Wildman–Crippen MR) is 70.2 cm³/mol. The van der Waals surface area contributed by atoms with Crippen molar-refractivity contribution in [2.75, 3.05) is 33.0 Å². The van der Waals surface area contributed by atoms with Crippen molar-refractivity contribution in [2.45, 2.75) is 6.54 Å². The molecule has 3 amide bonds. The molecule has 1 aromatic heterocycles. The third-order valence-corrected chi connectivity index (χ3v) is 2.40. The van der Waals surface area contributed by atoms with Crippen LogP contribution in [0, 0.1) is 0 Å². The summed E-state index contributed by atoms with van der Waals surface area (Å²) in [6, 6.07) is -0.477. The van der Waals surface area contributed by atoms with Crippen LogP contribution in [0.15, 0.2) is 12.4 Å². The summed E-state index contributed by atoms with van der Waals surface area (Å²) in [7, 11) is 4.69. The summed E-state index contributed by atoms with van der Waals surface area (Å²) in [6.45, 7) is -0.340. The topological polar surface area (TPSA) is 108 Å². The van der Waals surface area contributed by atoms with Crippen molar-refractivity contribution in [2.24, 2.45) is 0 Å². The Labute approximate surface area is 115 Å². The second kappa shape index (κ2) is 6.55. The van der Waals surface area contributed by atoms with E-state index in [1.807, 2.05) is 0 Å². The number of hydrogen-bond acceptors (Lipinski definition) is 4. The first-order valence-corrected chi connectivity index (χ1v) is 5.76. The molecule has 20 heavy (non-hydrogen) atoms. The fraction of sp³-hybridized carbons (Fsp3) is 0.455. The lowest BCUT2D eigenvalue weighted by atomic mass is 10.5. The van der Waals surface area contributed by atoms with Crippen LogP contribution in [0.3, 0.4) is 0 Å². The highest BCUT2D eigenvalue weighted by molar-refractivity contribution is 5.91. The minimum absolute atomic E-state index is 0.0535. The molecule has 0 unspecified atom stereocenters. The number of carboxylic acids is 1. The molecule has 0 aliphatic rings. The normalized spacial score (nSPS) is 9.95. The van der Waals surface area contributed by atoms with Crippen molar-refractivity contribution in [3.05, 3.63) is 12.4 Å². The highest BCUT2D eigenvalue weighted by Crippen LogP contribution is 2.05. The number of aliphatic carboxylic acids is 1. The van der Waals surface area contributed by atoms with E-state index in [-0.39, 0.29) is 19.0 Å². The Hall–Kier alpha value is -2.58. The monoisotopic (exact) mass is 283 g/mol. The number of aromatic nitrogens is 2. The third kappa shape index (κ3) is 4.59. The van der Waals surface area contributed by atoms with E-state index in [1.165, 1.54) is 33.9 Å². The van der Waals surface area contributed by atoms with Crippen LogP contribution in [0.4, 0.5) is 10.5 Å². The molecule has 0 aliphatic carbocycles. The number of carbonyl (C=O) groups is 3. The fourth-order valence-corrected chi connectivity index (χ4v) is 1.29. The third-order valence-electron chi connectivity index (χ3n) is 2.40. The maximum Gasteiger partial charge on any atom is 0.325 e. The Morgan fingerprint density at radius 1 is 1.35 bits per heavy atom. The van der Waals surface area contributed by atoms with Crippen molar-refractivity contribution < 1.29 is 19.5 Å². The summed E-state index contributed by atoms with van der Waals surface area (Å²) in [4.78, 5) is 36.3. The van der Waals surface area contributed by atoms with E-state index in [0.29, 0.717) is 5.69 Å². The Morgan fingerprint density at radius 3 is 2.55 bits per heavy atom. The van der Waals surface area contributed by atoms with E-state index >= 15 is 0 Å². The van der Waals surface area contributed by atoms with Gasteiger partial charge in [-0.1, -0.05) is 0 Å². The zero-order chi connectivity index (χ0) is 15.3. The summed E-state index contributed by atoms with van der Waals surface area (Å²) in [5, 5.41) is 14.9. The van der Waals surface area contributed by atoms with E-state index < -0.39 is 12.0 Å². The molecule has 2 N–H and O–H groups in total. The maximum absolute atomic E-state index is 11.8. The van der Waals surface area contributed by atoms with Crippen LogP contribution in [0.25, 0.3) is 0 Å². The number of amides is 3. The van der Waals surface area contributed by atoms with Gasteiger partial charge in [0.05, 0.1) is 11.9 Å². The lowest BCUT2D eigenvalue weighted by Gasteiger charge is -2.19. The fourth-order valence-electron chi connectivity index (χ4n) is 1.29. The molecule has 1 aromatic rings. The van der Waals surface area contributed by atoms with E-state index in [1.54, 1.807) is 14.1 Å². The lowest BCUT2D eigenvalue weighted by Crippen LogP contribution is -2.39. The maximum atomic E-state index is 11.8. The zero-order valence-corrected chi connectivity index (χ0v) is 11.5. The molecule has 0 aliphatic heterocycles. The Morgan fingerprint density at radius 2 is 2.00 bits per heavy atom. The summed E-state index contributed by atoms with van der Waals surface area (Å²) >= 11 is 0. The number of carbonyl (C=O) groups excluding carboxylic acids is 2. The van der Waals surface area contributed by atoms with Gasteiger partial charge in [0.1, 0.15) is 13.1 Å². The molecular formula is C11H17N5O4. The van der Waals surface area contributed by atoms with Gasteiger partial charge in [0.25, 0.3) is 0 Å². The second-order valence-electron chi connectivity index (χ2n) is 4.39. The van der Waals surface area contributed by atoms with Gasteiger partial charge in [0, 0.05) is 27.3 Å². The van der Waals surface area contributed by atoms with Gasteiger partial charge in [-0.15, -0.1) is 0 Å². The molecule has 0 fully saturated rings. The number of rotatable bonds is 5. The van der Waals surface area contributed by atoms with Crippen LogP contribution in [-0.4, -0.2) is 70.3 Å². The molecule has 0 radical (unpaired) electrons. The molecule has 0 bridgehead atoms. The van der Waals surface area contributed by atoms with Crippen molar-refractivity contribution in [1.82, 2.24) is 19.6 Å². The molecule has 1 heterocycles. The van der Waals surface area contributed by atoms with Crippen LogP contribution in [0.5, 0.6) is 0 Å². The SMILES string of the molecule is CN(C)C(=O)CN(C)C(=O)Nc1cnn(CC(=O)O)c1. The van der Waals surface area contributed by atoms with Gasteiger partial charge in [-0.25, -0.2) is 4.79 Å². The van der Waals surface area contributed by atoms with E-state index in [9.17, 15) is 14.4 Å². The van der Waals surface area contributed by atoms with Gasteiger partial charge in [-0.2, -0.15) is 5.10 Å². The van der Waals surface area contributed by atoms with Crippen LogP contribution < -0.4 is 5.32 Å². The van der Waals surface area contributed by atoms with Crippen LogP contribution in [0.2, 0.25) is 0 Å². The lowest BCUT2D eigenvalue weighted by molar-refractivity contribution is -0.138. The van der Waals surface area contributed by atoms with Gasteiger partial charge in [-0.3, -0.25) is 14.3 Å². The standard InChI is InChI=1S/C11H17N5O4/c1-14(2)9(17)6-15(3)11(20)13-8-4-12-16(5-8)7-10(18)19/h4-5H,6-7H2,1-3H3,(H,13,20)(H,18,19). The number of urea groups is 1. The predicted octanol–water partition coefficient (Wildman–Crippen LogP) is -0.480. The highest BCUT2D eigenvalue weighted by Gasteiger charge is 2.15. The van der Waals surface area contributed by atoms with Crippen molar-refractivity contribution in [3.63, 3.8) is 0 Å². The van der Waals surface area contributed by atoms with Crippen molar-refractivity contribution >= 4 is 23.6 Å². The molecule has 110 valence electrons. The smallest absolute Gasteiger partial charge is 0.325 e. The molecule has 0 aromatic carbocycles. The number of anilines is 1. The zero-order valence-electron chi connectivity index (χ0n) is 11.5. The molecule has 0 saturated heterocycles. The molecule has 0 atom stereocenters. The van der Waals surface area contributed by atoms with E-state index in [0.717, 1.165) is 0 Å². The summed E-state index contributed by atoms with van der Waals surface area (Å²) in [5.41, 5.74) is 0.361. The van der Waals surface area contributed by atoms with Gasteiger partial charge in [0.2, 0.25) is 5.91 Å². The summed E-state index contributed by atoms with van der Waals surface area (Å²) in [6.07, 6.45) is 2.73. The number of carboxylic acid groups (broad SMARTS) is 1. The van der Waals surface area contributed by atoms with Crippen LogP contribution >= 0.6 is 0 Å². The molecule has 9 heteroatoms. The van der Waals surface area contributed by atoms with E-state index in [4.69, 9.17) is 5.11 Å². The largest absolute Gasteiger partial charge is 0.480 e. The van der Waals surface area contributed by atoms with Gasteiger partial charge < -0.3 is 20.2 Å². The Kier molecular flexibility index (Phi) is 5.07. The second-order valence-corrected chi connectivity index (χ2v) is 4.39. The number of nitrogens with zero attached hydrogens (tertiary/aromatic N) is 4. The highest BCUT2D eigenvalue weighted by atomic mass is 16.4. The number of likely N-dealkylation sites (N-methyl/N-ethyl adjacent to an activating group) is 2.